The van der Waals surface area contributed by atoms with E-state index in [1.165, 1.54) is 18.2 Å². The Labute approximate surface area is 186 Å². The number of hydrogen-bond donors (Lipinski definition) is 1. The van der Waals surface area contributed by atoms with Gasteiger partial charge in [-0.05, 0) is 37.3 Å². The van der Waals surface area contributed by atoms with Crippen molar-refractivity contribution in [3.8, 4) is 5.69 Å². The number of rotatable bonds is 6. The number of benzene rings is 2. The first-order valence-corrected chi connectivity index (χ1v) is 10.8. The molecule has 0 aliphatic carbocycles. The zero-order chi connectivity index (χ0) is 22.7. The van der Waals surface area contributed by atoms with E-state index in [4.69, 9.17) is 4.74 Å². The summed E-state index contributed by atoms with van der Waals surface area (Å²) in [4.78, 5) is 14.6. The van der Waals surface area contributed by atoms with Crippen LogP contribution in [0.5, 0.6) is 0 Å². The average Bonchev–Trinajstić information content (AvgIpc) is 3.20. The third kappa shape index (κ3) is 4.73. The number of para-hydroxylation sites is 1. The second kappa shape index (κ2) is 9.61. The third-order valence-corrected chi connectivity index (χ3v) is 5.88. The number of morpholine rings is 1. The average molecular weight is 463 g/mol. The number of carbonyl (C=O) groups excluding carboxylic acids is 1. The molecule has 0 bridgehead atoms. The lowest BCUT2D eigenvalue weighted by molar-refractivity contribution is -0.115. The molecule has 1 aliphatic heterocycles. The molecule has 2 heterocycles. The van der Waals surface area contributed by atoms with E-state index in [0.29, 0.717) is 43.1 Å². The van der Waals surface area contributed by atoms with Crippen LogP contribution >= 0.6 is 11.8 Å². The smallest absolute Gasteiger partial charge is 0.237 e. The summed E-state index contributed by atoms with van der Waals surface area (Å²) in [6.45, 7) is 3.79. The molecule has 11 heteroatoms. The Morgan fingerprint density at radius 1 is 1.09 bits per heavy atom. The number of halogens is 3. The van der Waals surface area contributed by atoms with Crippen molar-refractivity contribution < 1.29 is 22.7 Å². The van der Waals surface area contributed by atoms with E-state index in [1.807, 2.05) is 4.90 Å². The van der Waals surface area contributed by atoms with Crippen molar-refractivity contribution >= 4 is 29.3 Å². The van der Waals surface area contributed by atoms with Gasteiger partial charge in [0.2, 0.25) is 11.9 Å². The summed E-state index contributed by atoms with van der Waals surface area (Å²) in [7, 11) is 0. The fourth-order valence-electron chi connectivity index (χ4n) is 3.20. The molecule has 0 spiro atoms. The van der Waals surface area contributed by atoms with Crippen molar-refractivity contribution in [3.05, 3.63) is 59.9 Å². The molecular formula is C21H20F3N5O2S. The molecule has 1 amide bonds. The maximum absolute atomic E-state index is 13.9. The second-order valence-corrected chi connectivity index (χ2v) is 8.35. The standard InChI is InChI=1S/C21H20F3N5O2S/c1-13(19(30)25-18-16(23)6-3-7-17(18)24)32-21-27-26-20(28-8-10-31-11-9-28)29(21)15-5-2-4-14(22)12-15/h2-7,12-13H,8-11H2,1H3,(H,25,30). The zero-order valence-corrected chi connectivity index (χ0v) is 17.9. The number of thioether (sulfide) groups is 1. The van der Waals surface area contributed by atoms with Gasteiger partial charge in [0.1, 0.15) is 23.1 Å². The summed E-state index contributed by atoms with van der Waals surface area (Å²) in [6.07, 6.45) is 0. The van der Waals surface area contributed by atoms with Crippen LogP contribution in [0.2, 0.25) is 0 Å². The van der Waals surface area contributed by atoms with Crippen molar-refractivity contribution in [2.75, 3.05) is 36.5 Å². The van der Waals surface area contributed by atoms with E-state index < -0.39 is 34.3 Å². The molecule has 2 aromatic carbocycles. The van der Waals surface area contributed by atoms with E-state index in [2.05, 4.69) is 15.5 Å². The second-order valence-electron chi connectivity index (χ2n) is 7.04. The number of anilines is 2. The number of nitrogens with one attached hydrogen (secondary N) is 1. The topological polar surface area (TPSA) is 72.3 Å². The van der Waals surface area contributed by atoms with Gasteiger partial charge in [-0.2, -0.15) is 0 Å². The number of ether oxygens (including phenoxy) is 1. The van der Waals surface area contributed by atoms with Crippen LogP contribution in [0.25, 0.3) is 5.69 Å². The number of hydrogen-bond acceptors (Lipinski definition) is 6. The Balaban J connectivity index is 1.61. The highest BCUT2D eigenvalue weighted by atomic mass is 32.2. The lowest BCUT2D eigenvalue weighted by atomic mass is 10.3. The van der Waals surface area contributed by atoms with Gasteiger partial charge in [-0.3, -0.25) is 9.36 Å². The van der Waals surface area contributed by atoms with E-state index in [0.717, 1.165) is 23.9 Å². The molecular weight excluding hydrogens is 443 g/mol. The predicted molar refractivity (Wildman–Crippen MR) is 115 cm³/mol. The zero-order valence-electron chi connectivity index (χ0n) is 17.1. The number of amides is 1. The van der Waals surface area contributed by atoms with Crippen LogP contribution in [0.4, 0.5) is 24.8 Å². The van der Waals surface area contributed by atoms with Gasteiger partial charge in [0.05, 0.1) is 24.2 Å². The first kappa shape index (κ1) is 22.2. The van der Waals surface area contributed by atoms with Crippen molar-refractivity contribution in [2.45, 2.75) is 17.3 Å². The third-order valence-electron chi connectivity index (χ3n) is 4.84. The van der Waals surface area contributed by atoms with Crippen molar-refractivity contribution in [2.24, 2.45) is 0 Å². The largest absolute Gasteiger partial charge is 0.378 e. The Kier molecular flexibility index (Phi) is 6.66. The van der Waals surface area contributed by atoms with Gasteiger partial charge in [-0.1, -0.05) is 23.9 Å². The molecule has 4 rings (SSSR count). The molecule has 0 saturated carbocycles. The quantitative estimate of drug-likeness (QED) is 0.563. The van der Waals surface area contributed by atoms with Crippen LogP contribution in [-0.4, -0.2) is 52.2 Å². The molecule has 1 atom stereocenters. The van der Waals surface area contributed by atoms with Crippen LogP contribution in [-0.2, 0) is 9.53 Å². The molecule has 3 aromatic rings. The number of carbonyl (C=O) groups is 1. The van der Waals surface area contributed by atoms with Crippen LogP contribution in [0, 0.1) is 17.5 Å². The van der Waals surface area contributed by atoms with Crippen LogP contribution in [0.3, 0.4) is 0 Å². The van der Waals surface area contributed by atoms with Gasteiger partial charge in [0, 0.05) is 13.1 Å². The summed E-state index contributed by atoms with van der Waals surface area (Å²) in [5.74, 6) is -2.28. The summed E-state index contributed by atoms with van der Waals surface area (Å²) in [5, 5.41) is 10.3. The van der Waals surface area contributed by atoms with Crippen molar-refractivity contribution in [1.82, 2.24) is 14.8 Å². The summed E-state index contributed by atoms with van der Waals surface area (Å²) in [6, 6.07) is 9.29. The maximum atomic E-state index is 13.9. The van der Waals surface area contributed by atoms with Gasteiger partial charge in [-0.15, -0.1) is 10.2 Å². The molecule has 168 valence electrons. The van der Waals surface area contributed by atoms with Gasteiger partial charge in [0.15, 0.2) is 5.16 Å². The maximum Gasteiger partial charge on any atom is 0.237 e. The minimum Gasteiger partial charge on any atom is -0.378 e. The van der Waals surface area contributed by atoms with E-state index in [9.17, 15) is 18.0 Å². The molecule has 1 saturated heterocycles. The monoisotopic (exact) mass is 463 g/mol. The minimum atomic E-state index is -0.868. The van der Waals surface area contributed by atoms with Gasteiger partial charge < -0.3 is 15.0 Å². The van der Waals surface area contributed by atoms with E-state index in [1.54, 1.807) is 23.6 Å². The first-order valence-electron chi connectivity index (χ1n) is 9.89. The number of nitrogens with zero attached hydrogens (tertiary/aromatic N) is 4. The van der Waals surface area contributed by atoms with Crippen molar-refractivity contribution in [3.63, 3.8) is 0 Å². The van der Waals surface area contributed by atoms with E-state index >= 15 is 0 Å². The SMILES string of the molecule is CC(Sc1nnc(N2CCOCC2)n1-c1cccc(F)c1)C(=O)Nc1c(F)cccc1F. The highest BCUT2D eigenvalue weighted by Gasteiger charge is 2.26. The molecule has 1 N–H and O–H groups in total. The molecule has 0 radical (unpaired) electrons. The highest BCUT2D eigenvalue weighted by Crippen LogP contribution is 2.30. The Bertz CT molecular complexity index is 1100. The Morgan fingerprint density at radius 3 is 2.47 bits per heavy atom. The minimum absolute atomic E-state index is 0.341. The summed E-state index contributed by atoms with van der Waals surface area (Å²) < 4.78 is 48.8. The molecule has 1 fully saturated rings. The van der Waals surface area contributed by atoms with Gasteiger partial charge in [0.25, 0.3) is 0 Å². The molecule has 7 nitrogen and oxygen atoms in total. The van der Waals surface area contributed by atoms with Crippen LogP contribution < -0.4 is 10.2 Å². The number of aromatic nitrogens is 3. The fourth-order valence-corrected chi connectivity index (χ4v) is 4.06. The molecule has 1 aliphatic rings. The van der Waals surface area contributed by atoms with Crippen LogP contribution in [0.15, 0.2) is 47.6 Å². The normalized spacial score (nSPS) is 14.9. The van der Waals surface area contributed by atoms with E-state index in [-0.39, 0.29) is 0 Å². The molecule has 1 aromatic heterocycles. The summed E-state index contributed by atoms with van der Waals surface area (Å²) >= 11 is 1.05. The summed E-state index contributed by atoms with van der Waals surface area (Å²) in [5.41, 5.74) is -0.0164. The van der Waals surface area contributed by atoms with Crippen LogP contribution in [0.1, 0.15) is 6.92 Å². The van der Waals surface area contributed by atoms with Crippen molar-refractivity contribution in [1.29, 1.82) is 0 Å². The lowest BCUT2D eigenvalue weighted by Crippen LogP contribution is -2.38. The highest BCUT2D eigenvalue weighted by molar-refractivity contribution is 8.00. The Morgan fingerprint density at radius 2 is 1.78 bits per heavy atom. The van der Waals surface area contributed by atoms with Gasteiger partial charge in [-0.25, -0.2) is 13.2 Å². The lowest BCUT2D eigenvalue weighted by Gasteiger charge is -2.28. The molecule has 1 unspecified atom stereocenters. The van der Waals surface area contributed by atoms with Gasteiger partial charge >= 0.3 is 0 Å². The molecule has 32 heavy (non-hydrogen) atoms. The fraction of sp³-hybridized carbons (Fsp3) is 0.286. The predicted octanol–water partition coefficient (Wildman–Crippen LogP) is 3.64. The Hall–Kier alpha value is -3.05. The first-order chi connectivity index (χ1) is 15.4.